The van der Waals surface area contributed by atoms with E-state index in [1.807, 2.05) is 44.4 Å². The number of nitrogens with zero attached hydrogens (tertiary/aromatic N) is 8. The van der Waals surface area contributed by atoms with Gasteiger partial charge in [0.15, 0.2) is 17.0 Å². The van der Waals surface area contributed by atoms with Crippen LogP contribution in [0.1, 0.15) is 96.8 Å². The summed E-state index contributed by atoms with van der Waals surface area (Å²) >= 11 is 1.31. The number of carbonyl (C=O) groups is 4. The molecular formula is C46H57N12O7S+. The van der Waals surface area contributed by atoms with Crippen molar-refractivity contribution < 1.29 is 38.1 Å². The summed E-state index contributed by atoms with van der Waals surface area (Å²) in [4.78, 5) is 66.6. The van der Waals surface area contributed by atoms with Crippen LogP contribution in [0.5, 0.6) is 11.5 Å². The summed E-state index contributed by atoms with van der Waals surface area (Å²) in [5, 5.41) is 8.81. The number of benzene rings is 2. The van der Waals surface area contributed by atoms with Gasteiger partial charge in [0.05, 0.1) is 47.2 Å². The zero-order chi connectivity index (χ0) is 46.7. The van der Waals surface area contributed by atoms with Gasteiger partial charge in [0, 0.05) is 50.5 Å². The van der Waals surface area contributed by atoms with Gasteiger partial charge in [-0.2, -0.15) is 5.10 Å². The monoisotopic (exact) mass is 921 g/mol. The summed E-state index contributed by atoms with van der Waals surface area (Å²) < 4.78 is 23.1. The maximum Gasteiger partial charge on any atom is 0.375 e. The number of aryl methyl sites for hydroxylation is 4. The molecule has 2 fully saturated rings. The predicted octanol–water partition coefficient (Wildman–Crippen LogP) is 4.50. The van der Waals surface area contributed by atoms with E-state index in [1.165, 1.54) is 29.7 Å². The standard InChI is InChI=1S/C46H56N12O7S/c1-6-33-40(66-29(4)49-33)44(62)51-45-50-34-23-31(42(48)60)25-37(65-18-10-14-54-17-11-46(27-54)12-19-64-20-13-46)39(34)55(45)15-8-9-16-57-38-32(22-30(41(47)59)24-36(38)63-5)26-58(57)53-43(61)35-21-28(3)52-56(35)7-2/h8-9,21-26H,6-7,10-20,27H2,1-5H3,(H5-,47,48,50,51,53,59,60,61,62)/p+1/b9-8+. The largest absolute Gasteiger partial charge is 0.492 e. The quantitative estimate of drug-likeness (QED) is 0.0533. The van der Waals surface area contributed by atoms with E-state index in [0.717, 1.165) is 57.1 Å². The van der Waals surface area contributed by atoms with Crippen LogP contribution in [-0.2, 0) is 30.8 Å². The van der Waals surface area contributed by atoms with Crippen molar-refractivity contribution in [3.63, 3.8) is 0 Å². The van der Waals surface area contributed by atoms with E-state index < -0.39 is 17.7 Å². The highest BCUT2D eigenvalue weighted by Crippen LogP contribution is 2.40. The molecule has 2 aliphatic heterocycles. The summed E-state index contributed by atoms with van der Waals surface area (Å²) in [7, 11) is 1.49. The number of allylic oxidation sites excluding steroid dienone is 2. The summed E-state index contributed by atoms with van der Waals surface area (Å²) in [5.41, 5.74) is 18.6. The number of methoxy groups -OCH3 is 1. The van der Waals surface area contributed by atoms with Gasteiger partial charge in [-0.05, 0) is 101 Å². The van der Waals surface area contributed by atoms with Gasteiger partial charge in [0.2, 0.25) is 17.8 Å². The second-order valence-corrected chi connectivity index (χ2v) is 18.0. The molecule has 19 nitrogen and oxygen atoms in total. The van der Waals surface area contributed by atoms with Crippen LogP contribution >= 0.6 is 11.3 Å². The van der Waals surface area contributed by atoms with Crippen LogP contribution in [0.4, 0.5) is 5.95 Å². The van der Waals surface area contributed by atoms with Crippen molar-refractivity contribution in [2.45, 2.75) is 79.4 Å². The number of anilines is 1. The summed E-state index contributed by atoms with van der Waals surface area (Å²) in [6.45, 7) is 13.4. The number of hydrogen-bond acceptors (Lipinski definition) is 12. The first-order valence-corrected chi connectivity index (χ1v) is 23.1. The lowest BCUT2D eigenvalue weighted by molar-refractivity contribution is -0.739. The van der Waals surface area contributed by atoms with Gasteiger partial charge in [-0.3, -0.25) is 24.4 Å². The lowest BCUT2D eigenvalue weighted by Crippen LogP contribution is -2.48. The minimum absolute atomic E-state index is 0.198. The number of nitrogens with two attached hydrogens (primary N) is 2. The molecule has 0 saturated carbocycles. The normalized spacial score (nSPS) is 15.0. The van der Waals surface area contributed by atoms with Crippen LogP contribution in [0.2, 0.25) is 0 Å². The third-order valence-corrected chi connectivity index (χ3v) is 13.4. The molecule has 0 radical (unpaired) electrons. The fourth-order valence-corrected chi connectivity index (χ4v) is 9.97. The highest BCUT2D eigenvalue weighted by Gasteiger charge is 2.39. The molecule has 4 amide bonds. The number of aromatic nitrogens is 7. The van der Waals surface area contributed by atoms with Crippen molar-refractivity contribution in [2.75, 3.05) is 57.3 Å². The Morgan fingerprint density at radius 2 is 1.73 bits per heavy atom. The smallest absolute Gasteiger partial charge is 0.375 e. The molecule has 0 unspecified atom stereocenters. The molecule has 348 valence electrons. The first kappa shape index (κ1) is 45.9. The van der Waals surface area contributed by atoms with Crippen molar-refractivity contribution in [1.82, 2.24) is 34.0 Å². The average Bonchev–Trinajstić information content (AvgIpc) is 4.13. The lowest BCUT2D eigenvalue weighted by atomic mass is 9.80. The summed E-state index contributed by atoms with van der Waals surface area (Å²) in [6, 6.07) is 8.14. The molecule has 2 aliphatic rings. The predicted molar refractivity (Wildman–Crippen MR) is 249 cm³/mol. The lowest BCUT2D eigenvalue weighted by Gasteiger charge is -2.33. The molecule has 1 spiro atoms. The fourth-order valence-electron chi connectivity index (χ4n) is 9.07. The number of hydrogen-bond donors (Lipinski definition) is 4. The molecule has 2 saturated heterocycles. The number of ether oxygens (including phenoxy) is 3. The Morgan fingerprint density at radius 1 is 0.970 bits per heavy atom. The molecule has 2 aromatic carbocycles. The number of rotatable bonds is 18. The number of likely N-dealkylation sites (tertiary alicyclic amines) is 1. The Kier molecular flexibility index (Phi) is 13.5. The number of amides is 4. The second-order valence-electron chi connectivity index (χ2n) is 16.8. The molecule has 6 heterocycles. The van der Waals surface area contributed by atoms with E-state index in [1.54, 1.807) is 45.9 Å². The van der Waals surface area contributed by atoms with Gasteiger partial charge in [-0.25, -0.2) is 14.8 Å². The van der Waals surface area contributed by atoms with E-state index in [0.29, 0.717) is 80.4 Å². The Hall–Kier alpha value is -6.64. The Labute approximate surface area is 385 Å². The molecule has 6 aromatic rings. The van der Waals surface area contributed by atoms with Crippen LogP contribution in [0.15, 0.2) is 48.7 Å². The Bertz CT molecular complexity index is 2850. The summed E-state index contributed by atoms with van der Waals surface area (Å²) in [5.74, 6) is -1.02. The van der Waals surface area contributed by atoms with Gasteiger partial charge in [0.1, 0.15) is 22.7 Å². The molecular weight excluding hydrogens is 865 g/mol. The van der Waals surface area contributed by atoms with E-state index in [2.05, 4.69) is 25.7 Å². The number of thiazole rings is 1. The molecule has 0 bridgehead atoms. The van der Waals surface area contributed by atoms with Crippen LogP contribution in [0.3, 0.4) is 0 Å². The number of imidazole rings is 1. The van der Waals surface area contributed by atoms with Crippen molar-refractivity contribution in [3.05, 3.63) is 86.8 Å². The first-order chi connectivity index (χ1) is 31.8. The molecule has 8 rings (SSSR count). The van der Waals surface area contributed by atoms with E-state index in [9.17, 15) is 19.2 Å². The zero-order valence-electron chi connectivity index (χ0n) is 38.0. The van der Waals surface area contributed by atoms with Crippen molar-refractivity contribution in [2.24, 2.45) is 16.9 Å². The van der Waals surface area contributed by atoms with E-state index >= 15 is 0 Å². The summed E-state index contributed by atoms with van der Waals surface area (Å²) in [6.07, 6.45) is 10.2. The number of primary amides is 2. The minimum Gasteiger partial charge on any atom is -0.492 e. The van der Waals surface area contributed by atoms with Gasteiger partial charge >= 0.3 is 5.91 Å². The topological polar surface area (TPSA) is 233 Å². The first-order valence-electron chi connectivity index (χ1n) is 22.3. The van der Waals surface area contributed by atoms with Gasteiger partial charge < -0.3 is 35.1 Å². The Morgan fingerprint density at radius 3 is 2.45 bits per heavy atom. The van der Waals surface area contributed by atoms with Crippen molar-refractivity contribution >= 4 is 62.9 Å². The molecule has 4 aromatic heterocycles. The van der Waals surface area contributed by atoms with Crippen molar-refractivity contribution in [3.8, 4) is 11.5 Å². The average molecular weight is 922 g/mol. The van der Waals surface area contributed by atoms with E-state index in [-0.39, 0.29) is 36.1 Å². The highest BCUT2D eigenvalue weighted by atomic mass is 32.1. The molecule has 66 heavy (non-hydrogen) atoms. The fraction of sp³-hybridized carbons (Fsp3) is 0.435. The maximum absolute atomic E-state index is 13.9. The third kappa shape index (κ3) is 9.52. The number of nitrogens with one attached hydrogen (secondary N) is 2. The van der Waals surface area contributed by atoms with Crippen LogP contribution in [0.25, 0.3) is 21.9 Å². The third-order valence-electron chi connectivity index (χ3n) is 12.4. The molecule has 20 heteroatoms. The van der Waals surface area contributed by atoms with Crippen molar-refractivity contribution in [1.29, 1.82) is 0 Å². The van der Waals surface area contributed by atoms with Crippen LogP contribution in [-0.4, -0.2) is 104 Å². The molecule has 0 aliphatic carbocycles. The highest BCUT2D eigenvalue weighted by molar-refractivity contribution is 7.13. The van der Waals surface area contributed by atoms with Gasteiger partial charge in [0.25, 0.3) is 5.91 Å². The SMILES string of the molecule is CCc1nc(C)sc1C(=O)Nc1nc2cc(C(N)=O)cc(OCCCN3CCC4(CCOCC4)C3)c2n1C/C=C/C[n+]1c2c(OC)cc(C(N)=O)cc2cn1NC(=O)c1cc(C)nn1CC. The second kappa shape index (κ2) is 19.4. The number of carbonyl (C=O) groups excluding carboxylic acids is 4. The zero-order valence-corrected chi connectivity index (χ0v) is 38.8. The molecule has 6 N–H and O–H groups in total. The van der Waals surface area contributed by atoms with Crippen LogP contribution in [0, 0.1) is 19.3 Å². The van der Waals surface area contributed by atoms with Crippen LogP contribution < -0.4 is 36.4 Å². The van der Waals surface area contributed by atoms with E-state index in [4.69, 9.17) is 30.7 Å². The molecule has 0 atom stereocenters. The Balaban J connectivity index is 1.12. The maximum atomic E-state index is 13.9. The number of fused-ring (bicyclic) bond motifs is 2. The van der Waals surface area contributed by atoms with Gasteiger partial charge in [-0.15, -0.1) is 21.4 Å². The van der Waals surface area contributed by atoms with Gasteiger partial charge in [-0.1, -0.05) is 17.8 Å². The minimum atomic E-state index is -0.639.